The Bertz CT molecular complexity index is 578. The molecule has 0 fully saturated rings. The van der Waals surface area contributed by atoms with Crippen molar-refractivity contribution < 1.29 is 9.50 Å². The molecule has 2 rings (SSSR count). The maximum atomic E-state index is 13.0. The second-order valence-corrected chi connectivity index (χ2v) is 5.06. The minimum Gasteiger partial charge on any atom is -0.384 e. The molecular formula is C18H20FNO. The van der Waals surface area contributed by atoms with Crippen LogP contribution in [0.15, 0.2) is 54.4 Å². The smallest absolute Gasteiger partial charge is 0.123 e. The highest BCUT2D eigenvalue weighted by molar-refractivity contribution is 5.53. The number of aliphatic hydroxyl groups excluding tert-OH is 1. The normalized spacial score (nSPS) is 13.2. The van der Waals surface area contributed by atoms with E-state index in [1.54, 1.807) is 24.5 Å². The molecule has 2 nitrogen and oxygen atoms in total. The van der Waals surface area contributed by atoms with Crippen LogP contribution in [0.25, 0.3) is 6.08 Å². The molecule has 1 atom stereocenters. The van der Waals surface area contributed by atoms with Crippen LogP contribution in [0.4, 0.5) is 4.39 Å². The van der Waals surface area contributed by atoms with Gasteiger partial charge in [0.2, 0.25) is 0 Å². The van der Waals surface area contributed by atoms with Gasteiger partial charge in [-0.05, 0) is 47.7 Å². The zero-order chi connectivity index (χ0) is 15.1. The molecule has 0 amide bonds. The summed E-state index contributed by atoms with van der Waals surface area (Å²) < 4.78 is 13.0. The summed E-state index contributed by atoms with van der Waals surface area (Å²) >= 11 is 0. The lowest BCUT2D eigenvalue weighted by molar-refractivity contribution is 0.211. The van der Waals surface area contributed by atoms with Gasteiger partial charge in [0.25, 0.3) is 0 Å². The lowest BCUT2D eigenvalue weighted by Gasteiger charge is -2.16. The molecule has 0 aliphatic carbocycles. The van der Waals surface area contributed by atoms with Crippen molar-refractivity contribution in [3.05, 3.63) is 71.3 Å². The highest BCUT2D eigenvalue weighted by Gasteiger charge is 2.13. The Morgan fingerprint density at radius 1 is 1.29 bits per heavy atom. The average Bonchev–Trinajstić information content (AvgIpc) is 2.52. The molecule has 1 unspecified atom stereocenters. The Kier molecular flexibility index (Phi) is 5.64. The van der Waals surface area contributed by atoms with Gasteiger partial charge in [-0.1, -0.05) is 37.6 Å². The fourth-order valence-electron chi connectivity index (χ4n) is 2.20. The van der Waals surface area contributed by atoms with Crippen molar-refractivity contribution in [1.82, 2.24) is 4.98 Å². The molecule has 0 saturated carbocycles. The van der Waals surface area contributed by atoms with Crippen LogP contribution in [0.3, 0.4) is 0 Å². The van der Waals surface area contributed by atoms with Crippen LogP contribution < -0.4 is 0 Å². The Morgan fingerprint density at radius 2 is 2.05 bits per heavy atom. The number of aromatic nitrogens is 1. The van der Waals surface area contributed by atoms with Crippen molar-refractivity contribution in [2.45, 2.75) is 32.3 Å². The molecule has 0 spiro atoms. The number of hydrogen-bond donors (Lipinski definition) is 1. The third-order valence-corrected chi connectivity index (χ3v) is 3.39. The topological polar surface area (TPSA) is 33.1 Å². The number of halogens is 1. The third kappa shape index (κ3) is 4.50. The number of benzene rings is 1. The van der Waals surface area contributed by atoms with Gasteiger partial charge in [-0.3, -0.25) is 4.98 Å². The molecule has 0 aliphatic rings. The summed E-state index contributed by atoms with van der Waals surface area (Å²) in [6.07, 6.45) is 7.62. The van der Waals surface area contributed by atoms with Gasteiger partial charge in [-0.15, -0.1) is 0 Å². The maximum Gasteiger partial charge on any atom is 0.123 e. The number of aliphatic hydroxyl groups is 1. The van der Waals surface area contributed by atoms with E-state index in [2.05, 4.69) is 11.9 Å². The van der Waals surface area contributed by atoms with E-state index in [1.807, 2.05) is 18.2 Å². The molecular weight excluding hydrogens is 265 g/mol. The summed E-state index contributed by atoms with van der Waals surface area (Å²) in [6.45, 7) is 2.12. The van der Waals surface area contributed by atoms with Crippen molar-refractivity contribution in [2.75, 3.05) is 0 Å². The van der Waals surface area contributed by atoms with E-state index < -0.39 is 6.10 Å². The van der Waals surface area contributed by atoms with Gasteiger partial charge in [0.1, 0.15) is 11.9 Å². The van der Waals surface area contributed by atoms with Crippen molar-refractivity contribution in [1.29, 1.82) is 0 Å². The Labute approximate surface area is 125 Å². The largest absolute Gasteiger partial charge is 0.384 e. The second-order valence-electron chi connectivity index (χ2n) is 5.06. The molecule has 0 bridgehead atoms. The van der Waals surface area contributed by atoms with Gasteiger partial charge < -0.3 is 5.11 Å². The number of nitrogens with zero attached hydrogens (tertiary/aromatic N) is 1. The van der Waals surface area contributed by atoms with E-state index in [1.165, 1.54) is 12.1 Å². The number of unbranched alkanes of at least 4 members (excludes halogenated alkanes) is 1. The highest BCUT2D eigenvalue weighted by Crippen LogP contribution is 2.27. The lowest BCUT2D eigenvalue weighted by atomic mass is 9.95. The first kappa shape index (κ1) is 15.4. The highest BCUT2D eigenvalue weighted by atomic mass is 19.1. The minimum absolute atomic E-state index is 0.294. The summed E-state index contributed by atoms with van der Waals surface area (Å²) in [5, 5.41) is 10.5. The van der Waals surface area contributed by atoms with Gasteiger partial charge in [0.15, 0.2) is 0 Å². The van der Waals surface area contributed by atoms with Gasteiger partial charge in [-0.2, -0.15) is 0 Å². The summed E-state index contributed by atoms with van der Waals surface area (Å²) in [5.74, 6) is -0.294. The zero-order valence-electron chi connectivity index (χ0n) is 12.2. The standard InChI is InChI=1S/C18H20FNO/c1-2-3-6-16(12-14-5-4-11-20-13-14)18(21)15-7-9-17(19)10-8-15/h4-5,7-13,18,21H,2-3,6H2,1H3/b16-12+. The van der Waals surface area contributed by atoms with Crippen molar-refractivity contribution in [3.8, 4) is 0 Å². The van der Waals surface area contributed by atoms with Crippen LogP contribution in [-0.4, -0.2) is 10.1 Å². The van der Waals surface area contributed by atoms with Crippen molar-refractivity contribution >= 4 is 6.08 Å². The molecule has 1 N–H and O–H groups in total. The predicted octanol–water partition coefficient (Wildman–Crippen LogP) is 4.53. The van der Waals surface area contributed by atoms with E-state index in [-0.39, 0.29) is 5.82 Å². The first-order chi connectivity index (χ1) is 10.2. The fourth-order valence-corrected chi connectivity index (χ4v) is 2.20. The van der Waals surface area contributed by atoms with Crippen LogP contribution in [0.1, 0.15) is 43.4 Å². The summed E-state index contributed by atoms with van der Waals surface area (Å²) in [5.41, 5.74) is 2.60. The average molecular weight is 285 g/mol. The van der Waals surface area contributed by atoms with Gasteiger partial charge in [-0.25, -0.2) is 4.39 Å². The fraction of sp³-hybridized carbons (Fsp3) is 0.278. The van der Waals surface area contributed by atoms with E-state index in [0.717, 1.165) is 30.4 Å². The molecule has 21 heavy (non-hydrogen) atoms. The Morgan fingerprint density at radius 3 is 2.67 bits per heavy atom. The van der Waals surface area contributed by atoms with Crippen LogP contribution in [0.2, 0.25) is 0 Å². The monoisotopic (exact) mass is 285 g/mol. The van der Waals surface area contributed by atoms with Gasteiger partial charge in [0.05, 0.1) is 0 Å². The molecule has 0 saturated heterocycles. The van der Waals surface area contributed by atoms with E-state index in [0.29, 0.717) is 5.56 Å². The predicted molar refractivity (Wildman–Crippen MR) is 83.1 cm³/mol. The molecule has 110 valence electrons. The van der Waals surface area contributed by atoms with Gasteiger partial charge in [0, 0.05) is 12.4 Å². The lowest BCUT2D eigenvalue weighted by Crippen LogP contribution is -2.02. The maximum absolute atomic E-state index is 13.0. The number of rotatable bonds is 6. The van der Waals surface area contributed by atoms with Crippen molar-refractivity contribution in [2.24, 2.45) is 0 Å². The molecule has 0 aliphatic heterocycles. The van der Waals surface area contributed by atoms with Crippen LogP contribution in [0.5, 0.6) is 0 Å². The van der Waals surface area contributed by atoms with E-state index >= 15 is 0 Å². The molecule has 3 heteroatoms. The van der Waals surface area contributed by atoms with Crippen LogP contribution in [0, 0.1) is 5.82 Å². The third-order valence-electron chi connectivity index (χ3n) is 3.39. The number of pyridine rings is 1. The summed E-state index contributed by atoms with van der Waals surface area (Å²) in [7, 11) is 0. The zero-order valence-corrected chi connectivity index (χ0v) is 12.2. The number of hydrogen-bond acceptors (Lipinski definition) is 2. The van der Waals surface area contributed by atoms with Gasteiger partial charge >= 0.3 is 0 Å². The van der Waals surface area contributed by atoms with Crippen molar-refractivity contribution in [3.63, 3.8) is 0 Å². The van der Waals surface area contributed by atoms with E-state index in [9.17, 15) is 9.50 Å². The summed E-state index contributed by atoms with van der Waals surface area (Å²) in [4.78, 5) is 4.09. The summed E-state index contributed by atoms with van der Waals surface area (Å²) in [6, 6.07) is 9.83. The molecule has 1 aromatic carbocycles. The van der Waals surface area contributed by atoms with Crippen LogP contribution in [-0.2, 0) is 0 Å². The quantitative estimate of drug-likeness (QED) is 0.846. The first-order valence-electron chi connectivity index (χ1n) is 7.24. The second kappa shape index (κ2) is 7.70. The molecule has 1 aromatic heterocycles. The molecule has 0 radical (unpaired) electrons. The Balaban J connectivity index is 2.26. The SMILES string of the molecule is CCCC/C(=C\c1cccnc1)C(O)c1ccc(F)cc1. The minimum atomic E-state index is -0.711. The molecule has 1 heterocycles. The Hall–Kier alpha value is -2.00. The first-order valence-corrected chi connectivity index (χ1v) is 7.24. The van der Waals surface area contributed by atoms with E-state index in [4.69, 9.17) is 0 Å². The molecule has 2 aromatic rings. The van der Waals surface area contributed by atoms with Crippen LogP contribution >= 0.6 is 0 Å².